The summed E-state index contributed by atoms with van der Waals surface area (Å²) in [5.41, 5.74) is 1.88. The van der Waals surface area contributed by atoms with E-state index >= 15 is 0 Å². The van der Waals surface area contributed by atoms with E-state index < -0.39 is 0 Å². The summed E-state index contributed by atoms with van der Waals surface area (Å²) >= 11 is 6.80. The van der Waals surface area contributed by atoms with Gasteiger partial charge in [0.25, 0.3) is 0 Å². The van der Waals surface area contributed by atoms with Crippen molar-refractivity contribution in [3.8, 4) is 5.75 Å². The molecule has 1 rings (SSSR count). The van der Waals surface area contributed by atoms with Gasteiger partial charge in [-0.3, -0.25) is 4.79 Å². The van der Waals surface area contributed by atoms with Gasteiger partial charge in [-0.2, -0.15) is 0 Å². The molecule has 1 aromatic rings. The SMILES string of the molecule is CCOC(=O)Cc1cc(Br)cc(OC)c1CBr. The van der Waals surface area contributed by atoms with E-state index in [1.165, 1.54) is 0 Å². The smallest absolute Gasteiger partial charge is 0.310 e. The van der Waals surface area contributed by atoms with E-state index in [2.05, 4.69) is 31.9 Å². The summed E-state index contributed by atoms with van der Waals surface area (Å²) in [7, 11) is 1.61. The lowest BCUT2D eigenvalue weighted by Gasteiger charge is -2.12. The van der Waals surface area contributed by atoms with Crippen molar-refractivity contribution in [2.45, 2.75) is 18.7 Å². The zero-order valence-corrected chi connectivity index (χ0v) is 12.9. The second-order valence-corrected chi connectivity index (χ2v) is 4.84. The molecule has 0 saturated heterocycles. The largest absolute Gasteiger partial charge is 0.496 e. The fraction of sp³-hybridized carbons (Fsp3) is 0.417. The van der Waals surface area contributed by atoms with Gasteiger partial charge >= 0.3 is 5.97 Å². The number of ether oxygens (including phenoxy) is 2. The highest BCUT2D eigenvalue weighted by molar-refractivity contribution is 9.10. The molecule has 0 radical (unpaired) electrons. The molecule has 0 aliphatic heterocycles. The molecule has 0 N–H and O–H groups in total. The molecule has 94 valence electrons. The minimum Gasteiger partial charge on any atom is -0.496 e. The highest BCUT2D eigenvalue weighted by Crippen LogP contribution is 2.30. The molecule has 0 amide bonds. The van der Waals surface area contributed by atoms with Crippen molar-refractivity contribution in [1.29, 1.82) is 0 Å². The van der Waals surface area contributed by atoms with Crippen molar-refractivity contribution in [3.05, 3.63) is 27.7 Å². The van der Waals surface area contributed by atoms with Crippen LogP contribution in [-0.2, 0) is 21.3 Å². The minimum absolute atomic E-state index is 0.227. The van der Waals surface area contributed by atoms with Crippen LogP contribution in [0, 0.1) is 0 Å². The lowest BCUT2D eigenvalue weighted by Crippen LogP contribution is -2.09. The van der Waals surface area contributed by atoms with E-state index in [1.54, 1.807) is 14.0 Å². The van der Waals surface area contributed by atoms with Crippen molar-refractivity contribution < 1.29 is 14.3 Å². The van der Waals surface area contributed by atoms with E-state index in [1.807, 2.05) is 12.1 Å². The lowest BCUT2D eigenvalue weighted by molar-refractivity contribution is -0.142. The van der Waals surface area contributed by atoms with E-state index in [9.17, 15) is 4.79 Å². The first kappa shape index (κ1) is 14.5. The molecule has 0 bridgehead atoms. The fourth-order valence-electron chi connectivity index (χ4n) is 1.52. The monoisotopic (exact) mass is 364 g/mol. The number of methoxy groups -OCH3 is 1. The molecule has 5 heteroatoms. The standard InChI is InChI=1S/C12H14Br2O3/c1-3-17-12(15)5-8-4-9(14)6-11(16-2)10(8)7-13/h4,6H,3,5,7H2,1-2H3. The Hall–Kier alpha value is -0.550. The van der Waals surface area contributed by atoms with Gasteiger partial charge in [0.15, 0.2) is 0 Å². The van der Waals surface area contributed by atoms with Gasteiger partial charge in [-0.1, -0.05) is 31.9 Å². The minimum atomic E-state index is -0.227. The number of benzene rings is 1. The van der Waals surface area contributed by atoms with Crippen LogP contribution >= 0.6 is 31.9 Å². The average molecular weight is 366 g/mol. The van der Waals surface area contributed by atoms with Gasteiger partial charge in [-0.05, 0) is 24.6 Å². The van der Waals surface area contributed by atoms with E-state index in [0.717, 1.165) is 21.3 Å². The average Bonchev–Trinajstić information content (AvgIpc) is 2.28. The summed E-state index contributed by atoms with van der Waals surface area (Å²) < 4.78 is 11.1. The van der Waals surface area contributed by atoms with Gasteiger partial charge in [0, 0.05) is 15.4 Å². The van der Waals surface area contributed by atoms with Crippen LogP contribution in [0.2, 0.25) is 0 Å². The van der Waals surface area contributed by atoms with Crippen molar-refractivity contribution in [2.24, 2.45) is 0 Å². The molecular weight excluding hydrogens is 352 g/mol. The van der Waals surface area contributed by atoms with E-state index in [-0.39, 0.29) is 12.4 Å². The van der Waals surface area contributed by atoms with Gasteiger partial charge in [-0.15, -0.1) is 0 Å². The Bertz CT molecular complexity index is 405. The number of hydrogen-bond acceptors (Lipinski definition) is 3. The molecule has 0 aromatic heterocycles. The summed E-state index contributed by atoms with van der Waals surface area (Å²) in [6.07, 6.45) is 0.255. The molecule has 0 saturated carbocycles. The van der Waals surface area contributed by atoms with Crippen LogP contribution in [0.5, 0.6) is 5.75 Å². The van der Waals surface area contributed by atoms with Crippen molar-refractivity contribution in [2.75, 3.05) is 13.7 Å². The Balaban J connectivity index is 3.04. The molecule has 17 heavy (non-hydrogen) atoms. The quantitative estimate of drug-likeness (QED) is 0.592. The third kappa shape index (κ3) is 4.00. The van der Waals surface area contributed by atoms with Crippen LogP contribution in [0.15, 0.2) is 16.6 Å². The maximum absolute atomic E-state index is 11.5. The summed E-state index contributed by atoms with van der Waals surface area (Å²) in [5.74, 6) is 0.533. The number of carbonyl (C=O) groups excluding carboxylic acids is 1. The molecule has 0 unspecified atom stereocenters. The third-order valence-electron chi connectivity index (χ3n) is 2.26. The van der Waals surface area contributed by atoms with Crippen LogP contribution in [-0.4, -0.2) is 19.7 Å². The number of hydrogen-bond donors (Lipinski definition) is 0. The predicted octanol–water partition coefficient (Wildman–Crippen LogP) is 3.46. The van der Waals surface area contributed by atoms with Crippen molar-refractivity contribution >= 4 is 37.8 Å². The first-order valence-electron chi connectivity index (χ1n) is 5.19. The highest BCUT2D eigenvalue weighted by atomic mass is 79.9. The Morgan fingerprint density at radius 1 is 1.41 bits per heavy atom. The molecular formula is C12H14Br2O3. The number of carbonyl (C=O) groups is 1. The zero-order chi connectivity index (χ0) is 12.8. The first-order chi connectivity index (χ1) is 8.12. The second-order valence-electron chi connectivity index (χ2n) is 3.36. The fourth-order valence-corrected chi connectivity index (χ4v) is 2.65. The molecule has 0 fully saturated rings. The predicted molar refractivity (Wildman–Crippen MR) is 73.7 cm³/mol. The molecule has 0 atom stereocenters. The maximum Gasteiger partial charge on any atom is 0.310 e. The molecule has 0 aliphatic carbocycles. The lowest BCUT2D eigenvalue weighted by atomic mass is 10.0. The topological polar surface area (TPSA) is 35.5 Å². The molecule has 0 spiro atoms. The van der Waals surface area contributed by atoms with Crippen LogP contribution in [0.4, 0.5) is 0 Å². The summed E-state index contributed by atoms with van der Waals surface area (Å²) in [6, 6.07) is 3.79. The Kier molecular flexibility index (Phi) is 5.98. The van der Waals surface area contributed by atoms with E-state index in [4.69, 9.17) is 9.47 Å². The second kappa shape index (κ2) is 7.01. The van der Waals surface area contributed by atoms with Crippen molar-refractivity contribution in [3.63, 3.8) is 0 Å². The van der Waals surface area contributed by atoms with Gasteiger partial charge in [0.1, 0.15) is 5.75 Å². The molecule has 0 heterocycles. The van der Waals surface area contributed by atoms with Crippen LogP contribution in [0.3, 0.4) is 0 Å². The molecule has 1 aromatic carbocycles. The Labute approximate surface area is 118 Å². The van der Waals surface area contributed by atoms with Crippen LogP contribution in [0.25, 0.3) is 0 Å². The summed E-state index contributed by atoms with van der Waals surface area (Å²) in [5, 5.41) is 0.637. The number of alkyl halides is 1. The highest BCUT2D eigenvalue weighted by Gasteiger charge is 2.13. The van der Waals surface area contributed by atoms with Gasteiger partial charge in [0.2, 0.25) is 0 Å². The number of rotatable bonds is 5. The van der Waals surface area contributed by atoms with Crippen LogP contribution in [0.1, 0.15) is 18.1 Å². The Morgan fingerprint density at radius 2 is 2.12 bits per heavy atom. The van der Waals surface area contributed by atoms with Gasteiger partial charge in [0.05, 0.1) is 20.1 Å². The van der Waals surface area contributed by atoms with Gasteiger partial charge < -0.3 is 9.47 Å². The third-order valence-corrected chi connectivity index (χ3v) is 3.28. The van der Waals surface area contributed by atoms with E-state index in [0.29, 0.717) is 11.9 Å². The summed E-state index contributed by atoms with van der Waals surface area (Å²) in [4.78, 5) is 11.5. The van der Waals surface area contributed by atoms with Crippen molar-refractivity contribution in [1.82, 2.24) is 0 Å². The first-order valence-corrected chi connectivity index (χ1v) is 7.10. The number of halogens is 2. The number of esters is 1. The Morgan fingerprint density at radius 3 is 2.65 bits per heavy atom. The zero-order valence-electron chi connectivity index (χ0n) is 9.76. The summed E-state index contributed by atoms with van der Waals surface area (Å²) in [6.45, 7) is 2.19. The normalized spacial score (nSPS) is 10.1. The molecule has 3 nitrogen and oxygen atoms in total. The molecule has 0 aliphatic rings. The van der Waals surface area contributed by atoms with Gasteiger partial charge in [-0.25, -0.2) is 0 Å². The maximum atomic E-state index is 11.5. The van der Waals surface area contributed by atoms with Crippen LogP contribution < -0.4 is 4.74 Å².